The molecule has 1 aliphatic rings. The van der Waals surface area contributed by atoms with Crippen molar-refractivity contribution in [2.24, 2.45) is 0 Å². The number of aryl methyl sites for hydroxylation is 1. The van der Waals surface area contributed by atoms with Crippen molar-refractivity contribution in [3.8, 4) is 11.4 Å². The maximum absolute atomic E-state index is 13.7. The Balaban J connectivity index is 1.82. The van der Waals surface area contributed by atoms with Gasteiger partial charge in [0.15, 0.2) is 22.8 Å². The minimum Gasteiger partial charge on any atom is -0.386 e. The van der Waals surface area contributed by atoms with Crippen LogP contribution in [0.4, 0.5) is 10.2 Å². The lowest BCUT2D eigenvalue weighted by Gasteiger charge is -2.16. The third-order valence-corrected chi connectivity index (χ3v) is 5.18. The van der Waals surface area contributed by atoms with E-state index >= 15 is 0 Å². The number of nitrogens with two attached hydrogens (primary N) is 1. The minimum absolute atomic E-state index is 0.274. The number of halogens is 1. The van der Waals surface area contributed by atoms with E-state index in [4.69, 9.17) is 5.73 Å². The molecule has 7 heteroatoms. The molecular formula is C21H24FN5O. The molecule has 146 valence electrons. The van der Waals surface area contributed by atoms with Gasteiger partial charge in [-0.15, -0.1) is 0 Å². The van der Waals surface area contributed by atoms with Crippen LogP contribution < -0.4 is 5.73 Å². The first-order valence-electron chi connectivity index (χ1n) is 9.70. The number of nitrogen functional groups attached to an aromatic ring is 1. The molecule has 0 aliphatic heterocycles. The number of aromatic nitrogens is 4. The number of aliphatic hydroxyl groups is 1. The zero-order valence-corrected chi connectivity index (χ0v) is 15.9. The van der Waals surface area contributed by atoms with Crippen LogP contribution in [0.1, 0.15) is 44.9 Å². The molecule has 0 saturated heterocycles. The number of hydrogen-bond donors (Lipinski definition) is 2. The van der Waals surface area contributed by atoms with Crippen LogP contribution in [-0.2, 0) is 6.54 Å². The molecular weight excluding hydrogens is 357 g/mol. The highest BCUT2D eigenvalue weighted by Crippen LogP contribution is 2.31. The monoisotopic (exact) mass is 381 g/mol. The maximum atomic E-state index is 13.7. The summed E-state index contributed by atoms with van der Waals surface area (Å²) in [6.07, 6.45) is 7.90. The fourth-order valence-corrected chi connectivity index (χ4v) is 3.78. The van der Waals surface area contributed by atoms with Gasteiger partial charge in [-0.2, -0.15) is 0 Å². The Kier molecular flexibility index (Phi) is 4.85. The van der Waals surface area contributed by atoms with E-state index in [1.165, 1.54) is 12.1 Å². The Morgan fingerprint density at radius 2 is 2.04 bits per heavy atom. The van der Waals surface area contributed by atoms with Crippen LogP contribution in [-0.4, -0.2) is 30.2 Å². The number of imidazole rings is 1. The quantitative estimate of drug-likeness (QED) is 0.699. The third kappa shape index (κ3) is 3.49. The first-order valence-corrected chi connectivity index (χ1v) is 9.70. The molecule has 2 aromatic heterocycles. The summed E-state index contributed by atoms with van der Waals surface area (Å²) in [6, 6.07) is 6.33. The van der Waals surface area contributed by atoms with Crippen LogP contribution in [0.5, 0.6) is 0 Å². The average Bonchev–Trinajstić information content (AvgIpc) is 3.26. The molecule has 1 saturated carbocycles. The number of benzene rings is 1. The standard InChI is InChI=1S/C21H24FN5O/c1-2-12-27-19(14-6-5-7-15(22)13-14)26-17-18(23)24-16(25-20(17)27)8-11-21(28)9-3-4-10-21/h5-8,11,13,28H,2-4,9-10,12H2,1H3,(H2,23,24,25). The van der Waals surface area contributed by atoms with Gasteiger partial charge in [-0.25, -0.2) is 19.3 Å². The van der Waals surface area contributed by atoms with E-state index in [-0.39, 0.29) is 11.6 Å². The Morgan fingerprint density at radius 1 is 1.25 bits per heavy atom. The molecule has 0 unspecified atom stereocenters. The molecule has 0 spiro atoms. The van der Waals surface area contributed by atoms with Crippen molar-refractivity contribution in [3.63, 3.8) is 0 Å². The van der Waals surface area contributed by atoms with Crippen LogP contribution >= 0.6 is 0 Å². The molecule has 0 amide bonds. The predicted molar refractivity (Wildman–Crippen MR) is 108 cm³/mol. The fourth-order valence-electron chi connectivity index (χ4n) is 3.78. The first kappa shape index (κ1) is 18.6. The van der Waals surface area contributed by atoms with E-state index in [1.54, 1.807) is 18.2 Å². The second-order valence-electron chi connectivity index (χ2n) is 7.38. The summed E-state index contributed by atoms with van der Waals surface area (Å²) in [4.78, 5) is 13.6. The molecule has 0 atom stereocenters. The van der Waals surface area contributed by atoms with Gasteiger partial charge in [0.2, 0.25) is 0 Å². The van der Waals surface area contributed by atoms with Gasteiger partial charge < -0.3 is 15.4 Å². The molecule has 1 aromatic carbocycles. The Hall–Kier alpha value is -2.80. The van der Waals surface area contributed by atoms with Crippen molar-refractivity contribution in [1.82, 2.24) is 19.5 Å². The van der Waals surface area contributed by atoms with Gasteiger partial charge in [-0.3, -0.25) is 0 Å². The summed E-state index contributed by atoms with van der Waals surface area (Å²) >= 11 is 0. The molecule has 0 bridgehead atoms. The lowest BCUT2D eigenvalue weighted by atomic mass is 10.0. The van der Waals surface area contributed by atoms with E-state index in [9.17, 15) is 9.50 Å². The maximum Gasteiger partial charge on any atom is 0.166 e. The van der Waals surface area contributed by atoms with Gasteiger partial charge in [0.25, 0.3) is 0 Å². The van der Waals surface area contributed by atoms with Crippen molar-refractivity contribution < 1.29 is 9.50 Å². The summed E-state index contributed by atoms with van der Waals surface area (Å²) in [7, 11) is 0. The Labute approximate surface area is 163 Å². The van der Waals surface area contributed by atoms with Gasteiger partial charge in [-0.1, -0.05) is 31.9 Å². The van der Waals surface area contributed by atoms with Gasteiger partial charge in [-0.05, 0) is 43.5 Å². The molecule has 0 radical (unpaired) electrons. The molecule has 3 N–H and O–H groups in total. The van der Waals surface area contributed by atoms with Crippen LogP contribution in [0, 0.1) is 5.82 Å². The van der Waals surface area contributed by atoms with Crippen molar-refractivity contribution >= 4 is 23.1 Å². The molecule has 1 fully saturated rings. The molecule has 3 aromatic rings. The summed E-state index contributed by atoms with van der Waals surface area (Å²) < 4.78 is 15.7. The highest BCUT2D eigenvalue weighted by molar-refractivity contribution is 5.86. The minimum atomic E-state index is -0.788. The van der Waals surface area contributed by atoms with E-state index in [0.717, 1.165) is 32.1 Å². The SMILES string of the molecule is CCCn1c(-c2cccc(F)c2)nc2c(N)nc(C=CC3(O)CCCC3)nc21. The number of anilines is 1. The number of fused-ring (bicyclic) bond motifs is 1. The second-order valence-corrected chi connectivity index (χ2v) is 7.38. The van der Waals surface area contributed by atoms with E-state index in [0.29, 0.717) is 34.9 Å². The van der Waals surface area contributed by atoms with Crippen LogP contribution in [0.2, 0.25) is 0 Å². The van der Waals surface area contributed by atoms with Gasteiger partial charge >= 0.3 is 0 Å². The van der Waals surface area contributed by atoms with Crippen molar-refractivity contribution in [3.05, 3.63) is 42.0 Å². The third-order valence-electron chi connectivity index (χ3n) is 5.18. The highest BCUT2D eigenvalue weighted by Gasteiger charge is 2.28. The molecule has 4 rings (SSSR count). The number of rotatable bonds is 5. The van der Waals surface area contributed by atoms with E-state index < -0.39 is 5.60 Å². The summed E-state index contributed by atoms with van der Waals surface area (Å²) in [6.45, 7) is 2.73. The van der Waals surface area contributed by atoms with Crippen molar-refractivity contribution in [2.45, 2.75) is 51.2 Å². The normalized spacial score (nSPS) is 16.4. The van der Waals surface area contributed by atoms with Crippen LogP contribution in [0.15, 0.2) is 30.3 Å². The topological polar surface area (TPSA) is 89.9 Å². The highest BCUT2D eigenvalue weighted by atomic mass is 19.1. The van der Waals surface area contributed by atoms with Crippen molar-refractivity contribution in [1.29, 1.82) is 0 Å². The Morgan fingerprint density at radius 3 is 2.75 bits per heavy atom. The van der Waals surface area contributed by atoms with Crippen LogP contribution in [0.25, 0.3) is 28.6 Å². The van der Waals surface area contributed by atoms with Gasteiger partial charge in [0.05, 0.1) is 5.60 Å². The van der Waals surface area contributed by atoms with Gasteiger partial charge in [0.1, 0.15) is 11.6 Å². The zero-order chi connectivity index (χ0) is 19.7. The lowest BCUT2D eigenvalue weighted by molar-refractivity contribution is 0.100. The predicted octanol–water partition coefficient (Wildman–Crippen LogP) is 3.94. The molecule has 2 heterocycles. The smallest absolute Gasteiger partial charge is 0.166 e. The van der Waals surface area contributed by atoms with Crippen molar-refractivity contribution in [2.75, 3.05) is 5.73 Å². The van der Waals surface area contributed by atoms with E-state index in [1.807, 2.05) is 10.6 Å². The molecule has 6 nitrogen and oxygen atoms in total. The average molecular weight is 381 g/mol. The number of nitrogens with zero attached hydrogens (tertiary/aromatic N) is 4. The summed E-state index contributed by atoms with van der Waals surface area (Å²) in [5.74, 6) is 1.01. The first-order chi connectivity index (χ1) is 13.5. The zero-order valence-electron chi connectivity index (χ0n) is 15.9. The largest absolute Gasteiger partial charge is 0.386 e. The summed E-state index contributed by atoms with van der Waals surface area (Å²) in [5, 5.41) is 10.5. The van der Waals surface area contributed by atoms with Crippen LogP contribution in [0.3, 0.4) is 0 Å². The fraction of sp³-hybridized carbons (Fsp3) is 0.381. The lowest BCUT2D eigenvalue weighted by Crippen LogP contribution is -2.19. The molecule has 28 heavy (non-hydrogen) atoms. The molecule has 1 aliphatic carbocycles. The summed E-state index contributed by atoms with van der Waals surface area (Å²) in [5.41, 5.74) is 7.17. The van der Waals surface area contributed by atoms with E-state index in [2.05, 4.69) is 21.9 Å². The Bertz CT molecular complexity index is 1040. The number of hydrogen-bond acceptors (Lipinski definition) is 5. The van der Waals surface area contributed by atoms with Gasteiger partial charge in [0, 0.05) is 12.1 Å². The second kappa shape index (κ2) is 7.31.